The third-order valence-electron chi connectivity index (χ3n) is 8.09. The van der Waals surface area contributed by atoms with Gasteiger partial charge in [0.1, 0.15) is 0 Å². The quantitative estimate of drug-likeness (QED) is 0.544. The Balaban J connectivity index is 1.08. The Morgan fingerprint density at radius 2 is 1.88 bits per heavy atom. The largest absolute Gasteiger partial charge is 0.381 e. The van der Waals surface area contributed by atoms with E-state index in [4.69, 9.17) is 9.47 Å². The molecule has 6 heteroatoms. The second-order valence-corrected chi connectivity index (χ2v) is 10.1. The first-order valence-corrected chi connectivity index (χ1v) is 12.8. The Hall–Kier alpha value is -1.63. The fourth-order valence-corrected chi connectivity index (χ4v) is 6.32. The highest BCUT2D eigenvalue weighted by Crippen LogP contribution is 2.46. The fourth-order valence-electron chi connectivity index (χ4n) is 6.32. The van der Waals surface area contributed by atoms with Gasteiger partial charge in [-0.3, -0.25) is 9.89 Å². The molecule has 176 valence electrons. The molecular weight excluding hydrogens is 400 g/mol. The zero-order valence-electron chi connectivity index (χ0n) is 19.7. The summed E-state index contributed by atoms with van der Waals surface area (Å²) in [4.78, 5) is 9.79. The molecule has 32 heavy (non-hydrogen) atoms. The summed E-state index contributed by atoms with van der Waals surface area (Å²) < 4.78 is 11.5. The predicted octanol–water partition coefficient (Wildman–Crippen LogP) is 3.26. The number of hydrogen-bond acceptors (Lipinski definition) is 4. The molecule has 5 rings (SSSR count). The fraction of sp³-hybridized carbons (Fsp3) is 0.731. The zero-order valence-corrected chi connectivity index (χ0v) is 19.7. The van der Waals surface area contributed by atoms with E-state index in [0.29, 0.717) is 12.7 Å². The lowest BCUT2D eigenvalue weighted by atomic mass is 9.93. The van der Waals surface area contributed by atoms with Crippen molar-refractivity contribution in [3.63, 3.8) is 0 Å². The van der Waals surface area contributed by atoms with Gasteiger partial charge in [0.15, 0.2) is 5.96 Å². The third-order valence-corrected chi connectivity index (χ3v) is 8.09. The highest BCUT2D eigenvalue weighted by molar-refractivity contribution is 5.80. The number of nitrogens with one attached hydrogen (secondary N) is 1. The molecule has 2 saturated heterocycles. The normalized spacial score (nSPS) is 29.6. The van der Waals surface area contributed by atoms with Crippen molar-refractivity contribution in [1.82, 2.24) is 15.1 Å². The lowest BCUT2D eigenvalue weighted by molar-refractivity contribution is -0.0390. The van der Waals surface area contributed by atoms with Crippen molar-refractivity contribution in [2.24, 2.45) is 16.8 Å². The summed E-state index contributed by atoms with van der Waals surface area (Å²) in [5, 5.41) is 3.60. The second kappa shape index (κ2) is 10.5. The first kappa shape index (κ1) is 22.2. The molecule has 0 aromatic heterocycles. The van der Waals surface area contributed by atoms with Gasteiger partial charge >= 0.3 is 0 Å². The number of hydrogen-bond donors (Lipinski definition) is 1. The van der Waals surface area contributed by atoms with E-state index in [-0.39, 0.29) is 0 Å². The van der Waals surface area contributed by atoms with Crippen molar-refractivity contribution in [2.45, 2.75) is 63.8 Å². The zero-order chi connectivity index (χ0) is 21.8. The monoisotopic (exact) mass is 440 g/mol. The van der Waals surface area contributed by atoms with Crippen LogP contribution in [0.4, 0.5) is 0 Å². The van der Waals surface area contributed by atoms with E-state index in [9.17, 15) is 0 Å². The van der Waals surface area contributed by atoms with Crippen LogP contribution in [0.25, 0.3) is 0 Å². The minimum absolute atomic E-state index is 0.336. The number of guanidine groups is 1. The molecule has 0 amide bonds. The van der Waals surface area contributed by atoms with Crippen LogP contribution in [0, 0.1) is 11.8 Å². The lowest BCUT2D eigenvalue weighted by Gasteiger charge is -2.42. The SMILES string of the molecule is CN=C(NCc1cccc(COC2CCOCC2)c1)N1CCN(C2CC3CCC2C3)CC1. The highest BCUT2D eigenvalue weighted by atomic mass is 16.5. The van der Waals surface area contributed by atoms with Crippen molar-refractivity contribution in [3.8, 4) is 0 Å². The smallest absolute Gasteiger partial charge is 0.194 e. The van der Waals surface area contributed by atoms with Crippen molar-refractivity contribution in [3.05, 3.63) is 35.4 Å². The van der Waals surface area contributed by atoms with Crippen LogP contribution in [0.5, 0.6) is 0 Å². The van der Waals surface area contributed by atoms with Crippen LogP contribution in [-0.4, -0.2) is 74.3 Å². The van der Waals surface area contributed by atoms with Gasteiger partial charge in [-0.1, -0.05) is 30.7 Å². The Morgan fingerprint density at radius 1 is 1.06 bits per heavy atom. The predicted molar refractivity (Wildman–Crippen MR) is 128 cm³/mol. The number of rotatable bonds is 6. The summed E-state index contributed by atoms with van der Waals surface area (Å²) in [5.41, 5.74) is 2.52. The van der Waals surface area contributed by atoms with Crippen LogP contribution in [0.2, 0.25) is 0 Å². The Bertz CT molecular complexity index is 771. The Kier molecular flexibility index (Phi) is 7.30. The van der Waals surface area contributed by atoms with Crippen LogP contribution in [0.3, 0.4) is 0 Å². The lowest BCUT2D eigenvalue weighted by Crippen LogP contribution is -2.55. The maximum atomic E-state index is 6.10. The van der Waals surface area contributed by atoms with Gasteiger partial charge in [0.2, 0.25) is 0 Å². The number of nitrogens with zero attached hydrogens (tertiary/aromatic N) is 3. The van der Waals surface area contributed by atoms with Crippen molar-refractivity contribution in [2.75, 3.05) is 46.4 Å². The molecule has 1 aromatic carbocycles. The average Bonchev–Trinajstić information content (AvgIpc) is 3.49. The highest BCUT2D eigenvalue weighted by Gasteiger charge is 2.42. The van der Waals surface area contributed by atoms with Gasteiger partial charge in [-0.25, -0.2) is 0 Å². The molecule has 2 aliphatic carbocycles. The second-order valence-electron chi connectivity index (χ2n) is 10.1. The standard InChI is InChI=1S/C26H40N4O2/c1-27-26(30-11-9-29(10-12-30)25-17-20-5-6-23(25)16-20)28-18-21-3-2-4-22(15-21)19-32-24-7-13-31-14-8-24/h2-4,15,20,23-25H,5-14,16-19H2,1H3,(H,27,28). The van der Waals surface area contributed by atoms with E-state index in [2.05, 4.69) is 44.4 Å². The van der Waals surface area contributed by atoms with E-state index in [1.807, 2.05) is 7.05 Å². The van der Waals surface area contributed by atoms with Crippen LogP contribution in [0.15, 0.2) is 29.3 Å². The Morgan fingerprint density at radius 3 is 2.59 bits per heavy atom. The summed E-state index contributed by atoms with van der Waals surface area (Å²) in [6, 6.07) is 9.60. The number of piperazine rings is 1. The number of ether oxygens (including phenoxy) is 2. The van der Waals surface area contributed by atoms with E-state index in [1.165, 1.54) is 49.9 Å². The molecule has 2 heterocycles. The average molecular weight is 441 g/mol. The third kappa shape index (κ3) is 5.29. The van der Waals surface area contributed by atoms with E-state index >= 15 is 0 Å². The van der Waals surface area contributed by atoms with Gasteiger partial charge in [-0.05, 0) is 55.1 Å². The summed E-state index contributed by atoms with van der Waals surface area (Å²) in [7, 11) is 1.91. The molecule has 3 unspecified atom stereocenters. The van der Waals surface area contributed by atoms with Crippen molar-refractivity contribution < 1.29 is 9.47 Å². The van der Waals surface area contributed by atoms with Gasteiger partial charge < -0.3 is 19.7 Å². The number of fused-ring (bicyclic) bond motifs is 2. The molecule has 3 atom stereocenters. The molecule has 4 aliphatic rings. The van der Waals surface area contributed by atoms with Crippen LogP contribution >= 0.6 is 0 Å². The van der Waals surface area contributed by atoms with Crippen molar-refractivity contribution >= 4 is 5.96 Å². The number of benzene rings is 1. The first-order chi connectivity index (χ1) is 15.8. The molecule has 4 fully saturated rings. The molecular formula is C26H40N4O2. The topological polar surface area (TPSA) is 49.3 Å². The van der Waals surface area contributed by atoms with E-state index < -0.39 is 0 Å². The van der Waals surface area contributed by atoms with Crippen molar-refractivity contribution in [1.29, 1.82) is 0 Å². The molecule has 1 N–H and O–H groups in total. The molecule has 2 aliphatic heterocycles. The first-order valence-electron chi connectivity index (χ1n) is 12.8. The molecule has 2 saturated carbocycles. The minimum atomic E-state index is 0.336. The molecule has 0 spiro atoms. The van der Waals surface area contributed by atoms with E-state index in [0.717, 1.165) is 69.5 Å². The Labute approximate surface area is 193 Å². The van der Waals surface area contributed by atoms with Gasteiger partial charge in [0.05, 0.1) is 12.7 Å². The van der Waals surface area contributed by atoms with Crippen LogP contribution in [0.1, 0.15) is 49.7 Å². The summed E-state index contributed by atoms with van der Waals surface area (Å²) in [6.45, 7) is 7.62. The van der Waals surface area contributed by atoms with E-state index in [1.54, 1.807) is 0 Å². The summed E-state index contributed by atoms with van der Waals surface area (Å²) in [6.07, 6.45) is 8.25. The van der Waals surface area contributed by atoms with Gasteiger partial charge in [-0.15, -0.1) is 0 Å². The number of aliphatic imine (C=N–C) groups is 1. The van der Waals surface area contributed by atoms with Gasteiger partial charge in [0.25, 0.3) is 0 Å². The maximum absolute atomic E-state index is 6.10. The van der Waals surface area contributed by atoms with Crippen LogP contribution in [-0.2, 0) is 22.6 Å². The molecule has 6 nitrogen and oxygen atoms in total. The summed E-state index contributed by atoms with van der Waals surface area (Å²) in [5.74, 6) is 3.03. The van der Waals surface area contributed by atoms with Gasteiger partial charge in [-0.2, -0.15) is 0 Å². The summed E-state index contributed by atoms with van der Waals surface area (Å²) >= 11 is 0. The van der Waals surface area contributed by atoms with Crippen LogP contribution < -0.4 is 5.32 Å². The van der Waals surface area contributed by atoms with Gasteiger partial charge in [0, 0.05) is 59.0 Å². The maximum Gasteiger partial charge on any atom is 0.194 e. The molecule has 1 aromatic rings. The molecule has 2 bridgehead atoms. The minimum Gasteiger partial charge on any atom is -0.381 e. The molecule has 0 radical (unpaired) electrons.